The Morgan fingerprint density at radius 3 is 2.57 bits per heavy atom. The van der Waals surface area contributed by atoms with Gasteiger partial charge in [-0.15, -0.1) is 0 Å². The number of Topliss-reactive ketones (excluding diaryl/α,β-unsaturated/α-hetero) is 1. The summed E-state index contributed by atoms with van der Waals surface area (Å²) in [5, 5.41) is 14.2. The van der Waals surface area contributed by atoms with Crippen molar-refractivity contribution in [2.24, 2.45) is 0 Å². The quantitative estimate of drug-likeness (QED) is 0.806. The molecule has 3 rings (SSSR count). The first-order valence-corrected chi connectivity index (χ1v) is 8.61. The van der Waals surface area contributed by atoms with Crippen molar-refractivity contribution < 1.29 is 19.1 Å². The fraction of sp³-hybridized carbons (Fsp3) is 0.190. The molecule has 1 atom stereocenters. The minimum absolute atomic E-state index is 0.115. The van der Waals surface area contributed by atoms with E-state index in [2.05, 4.69) is 10.6 Å². The molecule has 0 bridgehead atoms. The molecule has 0 radical (unpaired) electrons. The number of urea groups is 1. The number of ketones is 1. The molecule has 0 saturated carbocycles. The van der Waals surface area contributed by atoms with Gasteiger partial charge in [0.2, 0.25) is 0 Å². The van der Waals surface area contributed by atoms with Crippen molar-refractivity contribution in [3.8, 4) is 17.6 Å². The first-order valence-electron chi connectivity index (χ1n) is 8.61. The maximum Gasteiger partial charge on any atom is 0.320 e. The van der Waals surface area contributed by atoms with Crippen LogP contribution in [0.5, 0.6) is 11.5 Å². The summed E-state index contributed by atoms with van der Waals surface area (Å²) in [6.45, 7) is 1.35. The number of carbonyl (C=O) groups is 2. The van der Waals surface area contributed by atoms with E-state index in [9.17, 15) is 9.59 Å². The molecule has 142 valence electrons. The van der Waals surface area contributed by atoms with Crippen LogP contribution in [-0.4, -0.2) is 25.5 Å². The normalized spacial score (nSPS) is 15.9. The Kier molecular flexibility index (Phi) is 5.61. The van der Waals surface area contributed by atoms with Crippen LogP contribution in [0.25, 0.3) is 5.70 Å². The van der Waals surface area contributed by atoms with Gasteiger partial charge in [0.25, 0.3) is 0 Å². The summed E-state index contributed by atoms with van der Waals surface area (Å²) in [5.41, 5.74) is 2.33. The number of hydrogen-bond donors (Lipinski definition) is 2. The van der Waals surface area contributed by atoms with Crippen molar-refractivity contribution in [1.82, 2.24) is 10.6 Å². The van der Waals surface area contributed by atoms with E-state index in [4.69, 9.17) is 14.7 Å². The molecule has 0 aromatic heterocycles. The topological polar surface area (TPSA) is 100 Å². The zero-order valence-corrected chi connectivity index (χ0v) is 15.5. The monoisotopic (exact) mass is 377 g/mol. The number of nitriles is 1. The van der Waals surface area contributed by atoms with E-state index in [0.29, 0.717) is 28.3 Å². The predicted molar refractivity (Wildman–Crippen MR) is 103 cm³/mol. The van der Waals surface area contributed by atoms with Gasteiger partial charge in [-0.3, -0.25) is 4.79 Å². The maximum atomic E-state index is 12.5. The molecule has 7 nitrogen and oxygen atoms in total. The van der Waals surface area contributed by atoms with E-state index in [1.54, 1.807) is 18.2 Å². The van der Waals surface area contributed by atoms with Gasteiger partial charge < -0.3 is 20.1 Å². The average Bonchev–Trinajstić information content (AvgIpc) is 2.71. The lowest BCUT2D eigenvalue weighted by molar-refractivity contribution is -0.113. The largest absolute Gasteiger partial charge is 0.493 e. The molecule has 2 N–H and O–H groups in total. The van der Waals surface area contributed by atoms with Crippen molar-refractivity contribution in [2.45, 2.75) is 13.0 Å². The van der Waals surface area contributed by atoms with Gasteiger partial charge in [-0.2, -0.15) is 5.26 Å². The van der Waals surface area contributed by atoms with Crippen LogP contribution in [0, 0.1) is 11.3 Å². The summed E-state index contributed by atoms with van der Waals surface area (Å²) in [6, 6.07) is 15.1. The summed E-state index contributed by atoms with van der Waals surface area (Å²) >= 11 is 0. The number of ether oxygens (including phenoxy) is 2. The molecule has 0 spiro atoms. The van der Waals surface area contributed by atoms with Crippen LogP contribution in [-0.2, 0) is 4.79 Å². The first-order chi connectivity index (χ1) is 13.5. The molecule has 0 fully saturated rings. The molecule has 1 aliphatic heterocycles. The molecule has 2 amide bonds. The van der Waals surface area contributed by atoms with Crippen molar-refractivity contribution >= 4 is 17.5 Å². The number of nitrogens with zero attached hydrogens (tertiary/aromatic N) is 1. The molecule has 2 aromatic carbocycles. The molecule has 2 aromatic rings. The second-order valence-corrected chi connectivity index (χ2v) is 6.10. The molecular weight excluding hydrogens is 358 g/mol. The molecule has 1 heterocycles. The van der Waals surface area contributed by atoms with E-state index in [1.165, 1.54) is 14.0 Å². The number of hydrogen-bond acceptors (Lipinski definition) is 5. The van der Waals surface area contributed by atoms with E-state index < -0.39 is 12.1 Å². The number of amides is 2. The highest BCUT2D eigenvalue weighted by atomic mass is 16.5. The molecule has 7 heteroatoms. The number of benzene rings is 2. The molecule has 28 heavy (non-hydrogen) atoms. The van der Waals surface area contributed by atoms with Crippen LogP contribution < -0.4 is 20.1 Å². The molecular formula is C21H19N3O4. The smallest absolute Gasteiger partial charge is 0.320 e. The Bertz CT molecular complexity index is 977. The maximum absolute atomic E-state index is 12.5. The Labute approximate surface area is 162 Å². The van der Waals surface area contributed by atoms with Crippen molar-refractivity contribution in [2.75, 3.05) is 13.7 Å². The molecule has 0 unspecified atom stereocenters. The van der Waals surface area contributed by atoms with Crippen LogP contribution in [0.1, 0.15) is 24.1 Å². The van der Waals surface area contributed by atoms with Gasteiger partial charge in [0.05, 0.1) is 18.8 Å². The summed E-state index contributed by atoms with van der Waals surface area (Å²) in [6.07, 6.45) is 0. The standard InChI is InChI=1S/C21H19N3O4/c1-13(25)18-19(14-6-4-3-5-7-14)23-21(26)24-20(18)15-8-9-16(28-11-10-22)17(12-15)27-2/h3-9,12,20H,11H2,1-2H3,(H2,23,24,26)/t20-/m1/s1. The Hall–Kier alpha value is -3.79. The van der Waals surface area contributed by atoms with Gasteiger partial charge in [0, 0.05) is 5.57 Å². The van der Waals surface area contributed by atoms with E-state index in [1.807, 2.05) is 36.4 Å². The van der Waals surface area contributed by atoms with Gasteiger partial charge in [-0.05, 0) is 30.2 Å². The third-order valence-corrected chi connectivity index (χ3v) is 4.33. The number of methoxy groups -OCH3 is 1. The fourth-order valence-corrected chi connectivity index (χ4v) is 3.12. The third-order valence-electron chi connectivity index (χ3n) is 4.33. The fourth-order valence-electron chi connectivity index (χ4n) is 3.12. The zero-order valence-electron chi connectivity index (χ0n) is 15.5. The SMILES string of the molecule is COc1cc([C@H]2NC(=O)NC(c3ccccc3)=C2C(C)=O)ccc1OCC#N. The predicted octanol–water partition coefficient (Wildman–Crippen LogP) is 2.95. The minimum atomic E-state index is -0.652. The minimum Gasteiger partial charge on any atom is -0.493 e. The van der Waals surface area contributed by atoms with Crippen LogP contribution in [0.15, 0.2) is 54.1 Å². The second kappa shape index (κ2) is 8.27. The Morgan fingerprint density at radius 1 is 1.18 bits per heavy atom. The summed E-state index contributed by atoms with van der Waals surface area (Å²) < 4.78 is 10.7. The third kappa shape index (κ3) is 3.81. The zero-order chi connectivity index (χ0) is 20.1. The lowest BCUT2D eigenvalue weighted by Crippen LogP contribution is -2.44. The van der Waals surface area contributed by atoms with Crippen LogP contribution >= 0.6 is 0 Å². The summed E-state index contributed by atoms with van der Waals surface area (Å²) in [5.74, 6) is 0.648. The number of carbonyl (C=O) groups excluding carboxylic acids is 2. The van der Waals surface area contributed by atoms with Gasteiger partial charge in [-0.25, -0.2) is 4.79 Å². The van der Waals surface area contributed by atoms with Gasteiger partial charge in [-0.1, -0.05) is 36.4 Å². The highest BCUT2D eigenvalue weighted by Gasteiger charge is 2.32. The van der Waals surface area contributed by atoms with Gasteiger partial charge in [0.15, 0.2) is 23.9 Å². The van der Waals surface area contributed by atoms with E-state index >= 15 is 0 Å². The number of nitrogens with one attached hydrogen (secondary N) is 2. The highest BCUT2D eigenvalue weighted by molar-refractivity contribution is 6.06. The van der Waals surface area contributed by atoms with Crippen molar-refractivity contribution in [3.05, 3.63) is 65.2 Å². The lowest BCUT2D eigenvalue weighted by Gasteiger charge is -2.30. The lowest BCUT2D eigenvalue weighted by atomic mass is 9.90. The highest BCUT2D eigenvalue weighted by Crippen LogP contribution is 2.36. The van der Waals surface area contributed by atoms with Crippen molar-refractivity contribution in [1.29, 1.82) is 5.26 Å². The summed E-state index contributed by atoms with van der Waals surface area (Å²) in [4.78, 5) is 24.8. The molecule has 1 aliphatic rings. The van der Waals surface area contributed by atoms with Gasteiger partial charge in [0.1, 0.15) is 6.07 Å². The van der Waals surface area contributed by atoms with E-state index in [-0.39, 0.29) is 12.4 Å². The number of rotatable bonds is 6. The average molecular weight is 377 g/mol. The molecule has 0 saturated heterocycles. The Morgan fingerprint density at radius 2 is 1.93 bits per heavy atom. The Balaban J connectivity index is 2.10. The summed E-state index contributed by atoms with van der Waals surface area (Å²) in [7, 11) is 1.48. The van der Waals surface area contributed by atoms with Crippen LogP contribution in [0.2, 0.25) is 0 Å². The molecule has 0 aliphatic carbocycles. The van der Waals surface area contributed by atoms with Crippen molar-refractivity contribution in [3.63, 3.8) is 0 Å². The van der Waals surface area contributed by atoms with E-state index in [0.717, 1.165) is 5.56 Å². The van der Waals surface area contributed by atoms with Crippen LogP contribution in [0.3, 0.4) is 0 Å². The van der Waals surface area contributed by atoms with Crippen LogP contribution in [0.4, 0.5) is 4.79 Å². The second-order valence-electron chi connectivity index (χ2n) is 6.10. The van der Waals surface area contributed by atoms with Gasteiger partial charge >= 0.3 is 6.03 Å². The first kappa shape index (κ1) is 19.0.